The molecule has 0 atom stereocenters. The number of amides is 1. The van der Waals surface area contributed by atoms with Crippen LogP contribution in [0.4, 0.5) is 11.5 Å². The number of rotatable bonds is 5. The van der Waals surface area contributed by atoms with Crippen LogP contribution in [0.2, 0.25) is 0 Å². The molecule has 0 aliphatic carbocycles. The summed E-state index contributed by atoms with van der Waals surface area (Å²) in [6.07, 6.45) is 4.54. The molecule has 3 aromatic rings. The molecule has 1 aromatic carbocycles. The second kappa shape index (κ2) is 8.32. The molecule has 2 aromatic heterocycles. The van der Waals surface area contributed by atoms with Crippen molar-refractivity contribution in [2.24, 2.45) is 0 Å². The highest BCUT2D eigenvalue weighted by atomic mass is 16.6. The molecule has 9 heteroatoms. The van der Waals surface area contributed by atoms with Crippen molar-refractivity contribution in [3.63, 3.8) is 0 Å². The van der Waals surface area contributed by atoms with Gasteiger partial charge in [0.1, 0.15) is 12.1 Å². The highest BCUT2D eigenvalue weighted by molar-refractivity contribution is 5.93. The summed E-state index contributed by atoms with van der Waals surface area (Å²) in [7, 11) is 0. The number of hydrogen-bond donors (Lipinski definition) is 1. The molecule has 0 unspecified atom stereocenters. The van der Waals surface area contributed by atoms with Crippen LogP contribution in [0.15, 0.2) is 53.3 Å². The maximum atomic E-state index is 12.4. The summed E-state index contributed by atoms with van der Waals surface area (Å²) in [5.41, 5.74) is 1.93. The van der Waals surface area contributed by atoms with E-state index in [1.165, 1.54) is 24.7 Å². The van der Waals surface area contributed by atoms with Crippen LogP contribution < -0.4 is 5.32 Å². The molecule has 1 N–H and O–H groups in total. The summed E-state index contributed by atoms with van der Waals surface area (Å²) in [6, 6.07) is 9.99. The van der Waals surface area contributed by atoms with E-state index in [0.717, 1.165) is 18.5 Å². The molecule has 1 saturated heterocycles. The molecule has 0 radical (unpaired) electrons. The Hall–Kier alpha value is -3.75. The van der Waals surface area contributed by atoms with E-state index in [0.29, 0.717) is 35.9 Å². The third kappa shape index (κ3) is 4.29. The zero-order valence-electron chi connectivity index (χ0n) is 16.4. The van der Waals surface area contributed by atoms with Crippen molar-refractivity contribution in [1.29, 1.82) is 0 Å². The molecule has 0 saturated carbocycles. The molecule has 9 nitrogen and oxygen atoms in total. The summed E-state index contributed by atoms with van der Waals surface area (Å²) >= 11 is 0. The maximum Gasteiger partial charge on any atom is 0.270 e. The van der Waals surface area contributed by atoms with Crippen LogP contribution in [0.5, 0.6) is 0 Å². The van der Waals surface area contributed by atoms with Crippen molar-refractivity contribution in [3.8, 4) is 11.4 Å². The van der Waals surface area contributed by atoms with Gasteiger partial charge in [-0.05, 0) is 25.8 Å². The number of nitrogens with zero attached hydrogens (tertiary/aromatic N) is 4. The first-order valence-corrected chi connectivity index (χ1v) is 9.68. The number of piperidine rings is 1. The minimum Gasteiger partial charge on any atom is -0.472 e. The first kappa shape index (κ1) is 19.6. The normalized spacial score (nSPS) is 14.5. The first-order valence-electron chi connectivity index (χ1n) is 9.68. The Morgan fingerprint density at radius 1 is 1.23 bits per heavy atom. The fraction of sp³-hybridized carbons (Fsp3) is 0.286. The van der Waals surface area contributed by atoms with Crippen molar-refractivity contribution < 1.29 is 14.1 Å². The van der Waals surface area contributed by atoms with Gasteiger partial charge in [-0.2, -0.15) is 0 Å². The number of nitrogens with one attached hydrogen (secondary N) is 1. The minimum atomic E-state index is -0.433. The Morgan fingerprint density at radius 2 is 2.03 bits per heavy atom. The van der Waals surface area contributed by atoms with Crippen LogP contribution >= 0.6 is 0 Å². The number of nitro groups is 1. The van der Waals surface area contributed by atoms with Crippen molar-refractivity contribution in [1.82, 2.24) is 14.9 Å². The van der Waals surface area contributed by atoms with Gasteiger partial charge in [-0.1, -0.05) is 12.1 Å². The second-order valence-electron chi connectivity index (χ2n) is 7.25. The molecule has 1 aliphatic heterocycles. The number of aryl methyl sites for hydroxylation is 1. The molecule has 1 aliphatic rings. The van der Waals surface area contributed by atoms with Crippen molar-refractivity contribution in [2.75, 3.05) is 18.4 Å². The van der Waals surface area contributed by atoms with Gasteiger partial charge in [0.05, 0.1) is 16.7 Å². The SMILES string of the molecule is Cc1cc(NC2CCN(C(=O)c3ccoc3)CC2)nc(-c2cccc([N+](=O)[O-])c2)n1. The highest BCUT2D eigenvalue weighted by Gasteiger charge is 2.24. The van der Waals surface area contributed by atoms with Gasteiger partial charge in [0.25, 0.3) is 11.6 Å². The minimum absolute atomic E-state index is 0.00165. The first-order chi connectivity index (χ1) is 14.5. The number of non-ortho nitro benzene ring substituents is 1. The number of carbonyl (C=O) groups is 1. The van der Waals surface area contributed by atoms with E-state index in [-0.39, 0.29) is 17.6 Å². The summed E-state index contributed by atoms with van der Waals surface area (Å²) in [5, 5.41) is 14.5. The van der Waals surface area contributed by atoms with E-state index in [2.05, 4.69) is 15.3 Å². The topological polar surface area (TPSA) is 114 Å². The zero-order valence-corrected chi connectivity index (χ0v) is 16.4. The van der Waals surface area contributed by atoms with Crippen LogP contribution in [0.25, 0.3) is 11.4 Å². The van der Waals surface area contributed by atoms with E-state index in [1.54, 1.807) is 18.2 Å². The Kier molecular flexibility index (Phi) is 5.42. The summed E-state index contributed by atoms with van der Waals surface area (Å²) < 4.78 is 4.99. The maximum absolute atomic E-state index is 12.4. The molecular formula is C21H21N5O4. The number of carbonyl (C=O) groups excluding carboxylic acids is 1. The lowest BCUT2D eigenvalue weighted by Gasteiger charge is -2.32. The zero-order chi connectivity index (χ0) is 21.1. The lowest BCUT2D eigenvalue weighted by molar-refractivity contribution is -0.384. The number of furan rings is 1. The standard InChI is InChI=1S/C21H21N5O4/c1-14-11-19(24-20(22-14)15-3-2-4-18(12-15)26(28)29)23-17-5-8-25(9-6-17)21(27)16-7-10-30-13-16/h2-4,7,10-13,17H,5-6,8-9H2,1H3,(H,22,23,24). The molecule has 1 amide bonds. The van der Waals surface area contributed by atoms with Crippen LogP contribution in [0.3, 0.4) is 0 Å². The monoisotopic (exact) mass is 407 g/mol. The predicted molar refractivity (Wildman–Crippen MR) is 110 cm³/mol. The third-order valence-corrected chi connectivity index (χ3v) is 5.07. The smallest absolute Gasteiger partial charge is 0.270 e. The van der Waals surface area contributed by atoms with Crippen molar-refractivity contribution >= 4 is 17.4 Å². The molecule has 4 rings (SSSR count). The quantitative estimate of drug-likeness (QED) is 0.507. The van der Waals surface area contributed by atoms with Gasteiger partial charge >= 0.3 is 0 Å². The Bertz CT molecular complexity index is 1060. The molecule has 3 heterocycles. The fourth-order valence-corrected chi connectivity index (χ4v) is 3.53. The van der Waals surface area contributed by atoms with Gasteiger partial charge in [-0.25, -0.2) is 9.97 Å². The lowest BCUT2D eigenvalue weighted by atomic mass is 10.0. The molecule has 30 heavy (non-hydrogen) atoms. The van der Waals surface area contributed by atoms with Gasteiger partial charge in [0.2, 0.25) is 0 Å². The largest absolute Gasteiger partial charge is 0.472 e. The molecule has 0 bridgehead atoms. The summed E-state index contributed by atoms with van der Waals surface area (Å²) in [6.45, 7) is 3.15. The molecule has 154 valence electrons. The van der Waals surface area contributed by atoms with Crippen molar-refractivity contribution in [3.05, 3.63) is 70.3 Å². The number of likely N-dealkylation sites (tertiary alicyclic amines) is 1. The van der Waals surface area contributed by atoms with E-state index in [1.807, 2.05) is 17.9 Å². The van der Waals surface area contributed by atoms with Crippen LogP contribution in [-0.4, -0.2) is 44.8 Å². The summed E-state index contributed by atoms with van der Waals surface area (Å²) in [5.74, 6) is 1.09. The fourth-order valence-electron chi connectivity index (χ4n) is 3.53. The summed E-state index contributed by atoms with van der Waals surface area (Å²) in [4.78, 5) is 33.8. The Morgan fingerprint density at radius 3 is 2.73 bits per heavy atom. The number of anilines is 1. The lowest BCUT2D eigenvalue weighted by Crippen LogP contribution is -2.42. The molecule has 0 spiro atoms. The number of aromatic nitrogens is 2. The number of benzene rings is 1. The van der Waals surface area contributed by atoms with Gasteiger partial charge in [0.15, 0.2) is 5.82 Å². The van der Waals surface area contributed by atoms with Crippen LogP contribution in [0.1, 0.15) is 28.9 Å². The third-order valence-electron chi connectivity index (χ3n) is 5.07. The van der Waals surface area contributed by atoms with Crippen molar-refractivity contribution in [2.45, 2.75) is 25.8 Å². The van der Waals surface area contributed by atoms with Crippen LogP contribution in [0, 0.1) is 17.0 Å². The Balaban J connectivity index is 1.44. The average Bonchev–Trinajstić information content (AvgIpc) is 3.28. The number of nitro benzene ring substituents is 1. The number of hydrogen-bond acceptors (Lipinski definition) is 7. The second-order valence-corrected chi connectivity index (χ2v) is 7.25. The van der Waals surface area contributed by atoms with E-state index < -0.39 is 4.92 Å². The molecular weight excluding hydrogens is 386 g/mol. The Labute approximate surface area is 172 Å². The van der Waals surface area contributed by atoms with Gasteiger partial charge in [0, 0.05) is 48.6 Å². The van der Waals surface area contributed by atoms with Gasteiger partial charge < -0.3 is 14.6 Å². The molecule has 1 fully saturated rings. The van der Waals surface area contributed by atoms with E-state index >= 15 is 0 Å². The average molecular weight is 407 g/mol. The van der Waals surface area contributed by atoms with Crippen LogP contribution in [-0.2, 0) is 0 Å². The van der Waals surface area contributed by atoms with E-state index in [9.17, 15) is 14.9 Å². The predicted octanol–water partition coefficient (Wildman–Crippen LogP) is 3.67. The van der Waals surface area contributed by atoms with Gasteiger partial charge in [-0.3, -0.25) is 14.9 Å². The highest BCUT2D eigenvalue weighted by Crippen LogP contribution is 2.24. The van der Waals surface area contributed by atoms with Gasteiger partial charge in [-0.15, -0.1) is 0 Å². The van der Waals surface area contributed by atoms with E-state index in [4.69, 9.17) is 4.42 Å².